The summed E-state index contributed by atoms with van der Waals surface area (Å²) < 4.78 is 17.4. The topological polar surface area (TPSA) is 51.5 Å². The lowest BCUT2D eigenvalue weighted by Crippen LogP contribution is -2.18. The molecule has 0 bridgehead atoms. The summed E-state index contributed by atoms with van der Waals surface area (Å²) >= 11 is 0. The van der Waals surface area contributed by atoms with E-state index in [1.807, 2.05) is 19.2 Å². The highest BCUT2D eigenvalue weighted by atomic mass is 31.2. The van der Waals surface area contributed by atoms with Gasteiger partial charge in [-0.2, -0.15) is 0 Å². The first kappa shape index (κ1) is 11.5. The van der Waals surface area contributed by atoms with Gasteiger partial charge in [0.1, 0.15) is 5.44 Å². The van der Waals surface area contributed by atoms with Crippen LogP contribution in [0, 0.1) is 0 Å². The fourth-order valence-electron chi connectivity index (χ4n) is 1.73. The molecule has 2 rings (SSSR count). The van der Waals surface area contributed by atoms with E-state index in [9.17, 15) is 4.57 Å². The zero-order valence-corrected chi connectivity index (χ0v) is 10.4. The number of hydrogen-bond acceptors (Lipinski definition) is 4. The van der Waals surface area contributed by atoms with Gasteiger partial charge in [0.2, 0.25) is 7.37 Å². The molecule has 0 fully saturated rings. The van der Waals surface area contributed by atoms with Gasteiger partial charge in [0, 0.05) is 38.0 Å². The lowest BCUT2D eigenvalue weighted by Gasteiger charge is -2.16. The van der Waals surface area contributed by atoms with Gasteiger partial charge in [-0.25, -0.2) is 4.98 Å². The predicted molar refractivity (Wildman–Crippen MR) is 65.2 cm³/mol. The van der Waals surface area contributed by atoms with E-state index in [4.69, 9.17) is 4.52 Å². The lowest BCUT2D eigenvalue weighted by atomic mass is 10.1. The van der Waals surface area contributed by atoms with Crippen molar-refractivity contribution in [2.24, 2.45) is 4.99 Å². The Kier molecular flexibility index (Phi) is 3.22. The Balaban J connectivity index is 2.45. The minimum Gasteiger partial charge on any atom is -0.328 e. The molecule has 0 aliphatic carbocycles. The van der Waals surface area contributed by atoms with Crippen molar-refractivity contribution in [1.29, 1.82) is 0 Å². The highest BCUT2D eigenvalue weighted by Gasteiger charge is 2.24. The van der Waals surface area contributed by atoms with E-state index in [1.165, 1.54) is 7.11 Å². The highest BCUT2D eigenvalue weighted by molar-refractivity contribution is 7.66. The van der Waals surface area contributed by atoms with Crippen LogP contribution in [-0.4, -0.2) is 31.0 Å². The largest absolute Gasteiger partial charge is 0.328 e. The maximum atomic E-state index is 12.3. The summed E-state index contributed by atoms with van der Waals surface area (Å²) in [5.74, 6) is 0. The summed E-state index contributed by atoms with van der Waals surface area (Å²) in [6.45, 7) is 2.61. The molecule has 1 unspecified atom stereocenters. The third kappa shape index (κ3) is 1.95. The van der Waals surface area contributed by atoms with E-state index in [2.05, 4.69) is 9.98 Å². The number of fused-ring (bicyclic) bond motifs is 1. The first-order chi connectivity index (χ1) is 7.69. The Morgan fingerprint density at radius 3 is 3.00 bits per heavy atom. The molecule has 16 heavy (non-hydrogen) atoms. The van der Waals surface area contributed by atoms with Gasteiger partial charge in [-0.3, -0.25) is 9.56 Å². The van der Waals surface area contributed by atoms with Gasteiger partial charge in [-0.15, -0.1) is 0 Å². The van der Waals surface area contributed by atoms with Crippen LogP contribution in [0.1, 0.15) is 18.2 Å². The first-order valence-corrected chi connectivity index (χ1v) is 7.15. The molecule has 0 amide bonds. The lowest BCUT2D eigenvalue weighted by molar-refractivity contribution is 0.403. The van der Waals surface area contributed by atoms with Gasteiger partial charge in [0.05, 0.1) is 5.69 Å². The summed E-state index contributed by atoms with van der Waals surface area (Å²) in [5, 5.41) is 0. The molecule has 5 heteroatoms. The van der Waals surface area contributed by atoms with Crippen LogP contribution in [0.25, 0.3) is 0 Å². The Labute approximate surface area is 95.2 Å². The molecule has 0 aromatic carbocycles. The molecule has 0 N–H and O–H groups in total. The van der Waals surface area contributed by atoms with Gasteiger partial charge in [0.15, 0.2) is 0 Å². The monoisotopic (exact) mass is 238 g/mol. The van der Waals surface area contributed by atoms with E-state index < -0.39 is 7.37 Å². The van der Waals surface area contributed by atoms with Crippen LogP contribution < -0.4 is 5.44 Å². The third-order valence-corrected chi connectivity index (χ3v) is 5.13. The maximum absolute atomic E-state index is 12.3. The molecule has 1 aliphatic rings. The molecule has 2 heterocycles. The van der Waals surface area contributed by atoms with E-state index in [1.54, 1.807) is 6.07 Å². The van der Waals surface area contributed by atoms with Crippen LogP contribution in [0.2, 0.25) is 0 Å². The predicted octanol–water partition coefficient (Wildman–Crippen LogP) is 1.63. The SMILES string of the molecule is CCP(=O)(OC)c1ccc2c(n1)CCN=C2. The average Bonchev–Trinajstić information content (AvgIpc) is 2.37. The maximum Gasteiger partial charge on any atom is 0.249 e. The summed E-state index contributed by atoms with van der Waals surface area (Å²) in [6.07, 6.45) is 3.11. The molecule has 1 atom stereocenters. The van der Waals surface area contributed by atoms with Gasteiger partial charge in [0.25, 0.3) is 0 Å². The minimum atomic E-state index is -2.74. The fourth-order valence-corrected chi connectivity index (χ4v) is 3.07. The van der Waals surface area contributed by atoms with Crippen LogP contribution in [0.4, 0.5) is 0 Å². The summed E-state index contributed by atoms with van der Waals surface area (Å²) in [7, 11) is -1.26. The van der Waals surface area contributed by atoms with E-state index in [0.717, 1.165) is 24.2 Å². The first-order valence-electron chi connectivity index (χ1n) is 5.34. The van der Waals surface area contributed by atoms with Crippen molar-refractivity contribution in [1.82, 2.24) is 4.98 Å². The molecule has 1 aromatic rings. The summed E-state index contributed by atoms with van der Waals surface area (Å²) in [5.41, 5.74) is 2.57. The molecular weight excluding hydrogens is 223 g/mol. The molecule has 1 aromatic heterocycles. The average molecular weight is 238 g/mol. The Hall–Kier alpha value is -0.990. The van der Waals surface area contributed by atoms with Crippen LogP contribution in [0.5, 0.6) is 0 Å². The van der Waals surface area contributed by atoms with Crippen molar-refractivity contribution in [3.63, 3.8) is 0 Å². The zero-order chi connectivity index (χ0) is 11.6. The Bertz CT molecular complexity index is 463. The van der Waals surface area contributed by atoms with E-state index in [0.29, 0.717) is 11.6 Å². The third-order valence-electron chi connectivity index (χ3n) is 2.76. The Morgan fingerprint density at radius 1 is 1.50 bits per heavy atom. The summed E-state index contributed by atoms with van der Waals surface area (Å²) in [4.78, 5) is 8.63. The van der Waals surface area contributed by atoms with Crippen molar-refractivity contribution < 1.29 is 9.09 Å². The van der Waals surface area contributed by atoms with Crippen LogP contribution in [0.3, 0.4) is 0 Å². The zero-order valence-electron chi connectivity index (χ0n) is 9.51. The quantitative estimate of drug-likeness (QED) is 0.752. The van der Waals surface area contributed by atoms with Gasteiger partial charge in [-0.1, -0.05) is 6.92 Å². The summed E-state index contributed by atoms with van der Waals surface area (Å²) in [6, 6.07) is 3.70. The Morgan fingerprint density at radius 2 is 2.31 bits per heavy atom. The molecule has 0 saturated carbocycles. The number of hydrogen-bond donors (Lipinski definition) is 0. The second kappa shape index (κ2) is 4.48. The number of aromatic nitrogens is 1. The number of nitrogens with zero attached hydrogens (tertiary/aromatic N) is 2. The van der Waals surface area contributed by atoms with Crippen LogP contribution in [-0.2, 0) is 15.5 Å². The second-order valence-corrected chi connectivity index (χ2v) is 6.47. The molecule has 0 radical (unpaired) electrons. The van der Waals surface area contributed by atoms with Crippen molar-refractivity contribution in [2.45, 2.75) is 13.3 Å². The standard InChI is InChI=1S/C11H15N2O2P/c1-3-16(14,15-2)11-5-4-9-8-12-7-6-10(9)13-11/h4-5,8H,3,6-7H2,1-2H3. The minimum absolute atomic E-state index is 0.476. The normalized spacial score (nSPS) is 17.9. The molecule has 0 spiro atoms. The van der Waals surface area contributed by atoms with Crippen molar-refractivity contribution in [3.8, 4) is 0 Å². The highest BCUT2D eigenvalue weighted by Crippen LogP contribution is 2.43. The number of rotatable bonds is 3. The van der Waals surface area contributed by atoms with Gasteiger partial charge >= 0.3 is 0 Å². The van der Waals surface area contributed by atoms with Gasteiger partial charge in [-0.05, 0) is 12.1 Å². The molecular formula is C11H15N2O2P. The molecule has 0 saturated heterocycles. The van der Waals surface area contributed by atoms with Crippen molar-refractivity contribution in [3.05, 3.63) is 23.4 Å². The number of aliphatic imine (C=N–C) groups is 1. The van der Waals surface area contributed by atoms with E-state index in [-0.39, 0.29) is 0 Å². The fraction of sp³-hybridized carbons (Fsp3) is 0.455. The molecule has 4 nitrogen and oxygen atoms in total. The van der Waals surface area contributed by atoms with Gasteiger partial charge < -0.3 is 4.52 Å². The molecule has 1 aliphatic heterocycles. The van der Waals surface area contributed by atoms with E-state index >= 15 is 0 Å². The van der Waals surface area contributed by atoms with Crippen LogP contribution >= 0.6 is 7.37 Å². The smallest absolute Gasteiger partial charge is 0.249 e. The second-order valence-electron chi connectivity index (χ2n) is 3.66. The number of pyridine rings is 1. The van der Waals surface area contributed by atoms with Crippen molar-refractivity contribution in [2.75, 3.05) is 19.8 Å². The van der Waals surface area contributed by atoms with Crippen molar-refractivity contribution >= 4 is 19.0 Å². The van der Waals surface area contributed by atoms with Crippen LogP contribution in [0.15, 0.2) is 17.1 Å². The molecule has 86 valence electrons.